The zero-order chi connectivity index (χ0) is 19.1. The third-order valence-corrected chi connectivity index (χ3v) is 6.99. The van der Waals surface area contributed by atoms with Crippen LogP contribution in [0.25, 0.3) is 10.2 Å². The number of thiazole rings is 1. The van der Waals surface area contributed by atoms with Crippen molar-refractivity contribution in [3.8, 4) is 0 Å². The number of benzene rings is 2. The molecule has 0 radical (unpaired) electrons. The minimum absolute atomic E-state index is 0.144. The van der Waals surface area contributed by atoms with Gasteiger partial charge in [0.2, 0.25) is 10.0 Å². The van der Waals surface area contributed by atoms with Crippen molar-refractivity contribution < 1.29 is 13.2 Å². The topological polar surface area (TPSA) is 79.4 Å². The molecule has 1 heterocycles. The lowest BCUT2D eigenvalue weighted by molar-refractivity contribution is 0.102. The van der Waals surface area contributed by atoms with Crippen molar-refractivity contribution in [2.24, 2.45) is 0 Å². The second-order valence-corrected chi connectivity index (χ2v) is 9.31. The smallest absolute Gasteiger partial charge is 0.257 e. The Morgan fingerprint density at radius 3 is 2.23 bits per heavy atom. The highest BCUT2D eigenvalue weighted by Crippen LogP contribution is 2.31. The van der Waals surface area contributed by atoms with Gasteiger partial charge in [-0.05, 0) is 49.2 Å². The van der Waals surface area contributed by atoms with Crippen LogP contribution in [0.4, 0.5) is 5.13 Å². The number of carbonyl (C=O) groups is 1. The number of nitrogens with zero attached hydrogens (tertiary/aromatic N) is 2. The maximum Gasteiger partial charge on any atom is 0.257 e. The van der Waals surface area contributed by atoms with E-state index < -0.39 is 10.0 Å². The number of nitrogens with one attached hydrogen (secondary N) is 1. The SMILES string of the molecule is Cc1ccc(C)c2sc(NC(=O)c3ccc(S(=O)(=O)N(C)C)cc3)nc12. The van der Waals surface area contributed by atoms with E-state index in [1.807, 2.05) is 26.0 Å². The standard InChI is InChI=1S/C18H19N3O3S2/c1-11-5-6-12(2)16-15(11)19-18(25-16)20-17(22)13-7-9-14(10-8-13)26(23,24)21(3)4/h5-10H,1-4H3,(H,19,20,22). The maximum atomic E-state index is 12.5. The molecule has 0 aliphatic heterocycles. The Balaban J connectivity index is 1.85. The summed E-state index contributed by atoms with van der Waals surface area (Å²) in [6, 6.07) is 9.89. The number of hydrogen-bond donors (Lipinski definition) is 1. The molecule has 0 aliphatic rings. The Bertz CT molecular complexity index is 1050. The lowest BCUT2D eigenvalue weighted by Gasteiger charge is -2.11. The minimum atomic E-state index is -3.51. The molecule has 1 N–H and O–H groups in total. The summed E-state index contributed by atoms with van der Waals surface area (Å²) in [5.74, 6) is -0.326. The average molecular weight is 390 g/mol. The molecule has 3 rings (SSSR count). The number of aromatic nitrogens is 1. The maximum absolute atomic E-state index is 12.5. The highest BCUT2D eigenvalue weighted by atomic mass is 32.2. The molecular weight excluding hydrogens is 370 g/mol. The molecule has 0 atom stereocenters. The van der Waals surface area contributed by atoms with E-state index in [-0.39, 0.29) is 10.8 Å². The number of sulfonamides is 1. The molecular formula is C18H19N3O3S2. The number of fused-ring (bicyclic) bond motifs is 1. The molecule has 0 fully saturated rings. The summed E-state index contributed by atoms with van der Waals surface area (Å²) in [7, 11) is -0.583. The van der Waals surface area contributed by atoms with Gasteiger partial charge in [-0.3, -0.25) is 10.1 Å². The fourth-order valence-corrected chi connectivity index (χ4v) is 4.38. The van der Waals surface area contributed by atoms with E-state index in [1.165, 1.54) is 49.7 Å². The van der Waals surface area contributed by atoms with Crippen LogP contribution in [0.15, 0.2) is 41.3 Å². The van der Waals surface area contributed by atoms with Crippen LogP contribution in [0.2, 0.25) is 0 Å². The van der Waals surface area contributed by atoms with Crippen molar-refractivity contribution in [2.45, 2.75) is 18.7 Å². The summed E-state index contributed by atoms with van der Waals surface area (Å²) < 4.78 is 26.4. The third kappa shape index (κ3) is 3.35. The summed E-state index contributed by atoms with van der Waals surface area (Å²) in [4.78, 5) is 17.1. The molecule has 0 bridgehead atoms. The first-order valence-electron chi connectivity index (χ1n) is 7.91. The van der Waals surface area contributed by atoms with E-state index in [4.69, 9.17) is 0 Å². The second-order valence-electron chi connectivity index (χ2n) is 6.16. The van der Waals surface area contributed by atoms with Crippen LogP contribution >= 0.6 is 11.3 Å². The van der Waals surface area contributed by atoms with Gasteiger partial charge in [0.1, 0.15) is 0 Å². The molecule has 136 valence electrons. The molecule has 2 aromatic carbocycles. The lowest BCUT2D eigenvalue weighted by atomic mass is 10.1. The molecule has 26 heavy (non-hydrogen) atoms. The molecule has 0 unspecified atom stereocenters. The summed E-state index contributed by atoms with van der Waals surface area (Å²) in [6.07, 6.45) is 0. The summed E-state index contributed by atoms with van der Waals surface area (Å²) in [6.45, 7) is 3.99. The zero-order valence-corrected chi connectivity index (χ0v) is 16.5. The largest absolute Gasteiger partial charge is 0.298 e. The molecule has 3 aromatic rings. The van der Waals surface area contributed by atoms with Crippen LogP contribution in [-0.2, 0) is 10.0 Å². The van der Waals surface area contributed by atoms with Gasteiger partial charge in [-0.1, -0.05) is 23.5 Å². The second kappa shape index (κ2) is 6.79. The van der Waals surface area contributed by atoms with Gasteiger partial charge in [0, 0.05) is 19.7 Å². The van der Waals surface area contributed by atoms with E-state index in [9.17, 15) is 13.2 Å². The van der Waals surface area contributed by atoms with Gasteiger partial charge in [0.15, 0.2) is 5.13 Å². The van der Waals surface area contributed by atoms with Gasteiger partial charge in [-0.2, -0.15) is 0 Å². The van der Waals surface area contributed by atoms with E-state index in [2.05, 4.69) is 10.3 Å². The van der Waals surface area contributed by atoms with Crippen molar-refractivity contribution in [3.05, 3.63) is 53.1 Å². The Labute approximate surface area is 156 Å². The predicted molar refractivity (Wildman–Crippen MR) is 104 cm³/mol. The van der Waals surface area contributed by atoms with Crippen molar-refractivity contribution >= 4 is 42.6 Å². The molecule has 8 heteroatoms. The van der Waals surface area contributed by atoms with E-state index in [0.29, 0.717) is 10.7 Å². The highest BCUT2D eigenvalue weighted by Gasteiger charge is 2.18. The molecule has 6 nitrogen and oxygen atoms in total. The summed E-state index contributed by atoms with van der Waals surface area (Å²) >= 11 is 1.43. The van der Waals surface area contributed by atoms with Gasteiger partial charge < -0.3 is 0 Å². The number of aryl methyl sites for hydroxylation is 2. The van der Waals surface area contributed by atoms with Gasteiger partial charge >= 0.3 is 0 Å². The van der Waals surface area contributed by atoms with Gasteiger partial charge in [-0.15, -0.1) is 0 Å². The van der Waals surface area contributed by atoms with Gasteiger partial charge in [0.05, 0.1) is 15.1 Å². The Kier molecular flexibility index (Phi) is 4.83. The molecule has 1 aromatic heterocycles. The minimum Gasteiger partial charge on any atom is -0.298 e. The first-order chi connectivity index (χ1) is 12.2. The quantitative estimate of drug-likeness (QED) is 0.741. The van der Waals surface area contributed by atoms with Crippen molar-refractivity contribution in [1.29, 1.82) is 0 Å². The van der Waals surface area contributed by atoms with Gasteiger partial charge in [0.25, 0.3) is 5.91 Å². The first kappa shape index (κ1) is 18.5. The fourth-order valence-electron chi connectivity index (χ4n) is 2.47. The number of rotatable bonds is 4. The number of amides is 1. The van der Waals surface area contributed by atoms with Crippen molar-refractivity contribution in [2.75, 3.05) is 19.4 Å². The molecule has 0 spiro atoms. The lowest BCUT2D eigenvalue weighted by Crippen LogP contribution is -2.22. The Morgan fingerprint density at radius 1 is 1.04 bits per heavy atom. The van der Waals surface area contributed by atoms with Gasteiger partial charge in [-0.25, -0.2) is 17.7 Å². The molecule has 0 saturated heterocycles. The molecule has 1 amide bonds. The van der Waals surface area contributed by atoms with E-state index in [0.717, 1.165) is 25.6 Å². The van der Waals surface area contributed by atoms with E-state index >= 15 is 0 Å². The third-order valence-electron chi connectivity index (χ3n) is 4.06. The van der Waals surface area contributed by atoms with Crippen LogP contribution < -0.4 is 5.32 Å². The number of carbonyl (C=O) groups excluding carboxylic acids is 1. The zero-order valence-electron chi connectivity index (χ0n) is 14.9. The number of anilines is 1. The van der Waals surface area contributed by atoms with Crippen molar-refractivity contribution in [1.82, 2.24) is 9.29 Å². The van der Waals surface area contributed by atoms with Crippen LogP contribution in [0.5, 0.6) is 0 Å². The summed E-state index contributed by atoms with van der Waals surface area (Å²) in [5, 5.41) is 3.31. The molecule has 0 saturated carbocycles. The van der Waals surface area contributed by atoms with Crippen LogP contribution in [0.3, 0.4) is 0 Å². The van der Waals surface area contributed by atoms with Crippen LogP contribution in [-0.4, -0.2) is 37.7 Å². The fraction of sp³-hybridized carbons (Fsp3) is 0.222. The number of hydrogen-bond acceptors (Lipinski definition) is 5. The van der Waals surface area contributed by atoms with Crippen LogP contribution in [0.1, 0.15) is 21.5 Å². The monoisotopic (exact) mass is 389 g/mol. The normalized spacial score (nSPS) is 11.9. The van der Waals surface area contributed by atoms with Crippen molar-refractivity contribution in [3.63, 3.8) is 0 Å². The van der Waals surface area contributed by atoms with Crippen LogP contribution in [0, 0.1) is 13.8 Å². The molecule has 0 aliphatic carbocycles. The Morgan fingerprint density at radius 2 is 1.65 bits per heavy atom. The predicted octanol–water partition coefficient (Wildman–Crippen LogP) is 3.42. The highest BCUT2D eigenvalue weighted by molar-refractivity contribution is 7.89. The summed E-state index contributed by atoms with van der Waals surface area (Å²) in [5.41, 5.74) is 3.43. The average Bonchev–Trinajstić information content (AvgIpc) is 3.03. The first-order valence-corrected chi connectivity index (χ1v) is 10.2. The van der Waals surface area contributed by atoms with E-state index in [1.54, 1.807) is 0 Å². The Hall–Kier alpha value is -2.29.